The van der Waals surface area contributed by atoms with Gasteiger partial charge in [0.15, 0.2) is 0 Å². The van der Waals surface area contributed by atoms with Gasteiger partial charge in [0.05, 0.1) is 0 Å². The predicted molar refractivity (Wildman–Crippen MR) is 120 cm³/mol. The highest BCUT2D eigenvalue weighted by Crippen LogP contribution is 2.33. The number of benzene rings is 2. The number of hydrogen-bond acceptors (Lipinski definition) is 4. The molecule has 1 amide bonds. The Morgan fingerprint density at radius 3 is 2.38 bits per heavy atom. The first kappa shape index (κ1) is 19.9. The number of amides is 1. The van der Waals surface area contributed by atoms with Crippen molar-refractivity contribution in [3.63, 3.8) is 0 Å². The average molecular weight is 388 g/mol. The van der Waals surface area contributed by atoms with Gasteiger partial charge in [0, 0.05) is 48.5 Å². The van der Waals surface area contributed by atoms with Crippen LogP contribution in [-0.4, -0.2) is 17.5 Å². The van der Waals surface area contributed by atoms with Crippen molar-refractivity contribution < 1.29 is 4.79 Å². The summed E-state index contributed by atoms with van der Waals surface area (Å²) in [6.45, 7) is 5.53. The van der Waals surface area contributed by atoms with Gasteiger partial charge in [0.2, 0.25) is 5.91 Å². The van der Waals surface area contributed by atoms with E-state index in [-0.39, 0.29) is 11.5 Å². The molecule has 148 valence electrons. The summed E-state index contributed by atoms with van der Waals surface area (Å²) in [5, 5.41) is 9.15. The molecule has 6 heteroatoms. The summed E-state index contributed by atoms with van der Waals surface area (Å²) < 4.78 is 1.53. The minimum absolute atomic E-state index is 0.111. The highest BCUT2D eigenvalue weighted by atomic mass is 16.1. The quantitative estimate of drug-likeness (QED) is 0.551. The Labute approximate surface area is 169 Å². The molecular weight excluding hydrogens is 364 g/mol. The second-order valence-electron chi connectivity index (χ2n) is 6.75. The molecule has 1 aromatic heterocycles. The lowest BCUT2D eigenvalue weighted by Crippen LogP contribution is -2.19. The van der Waals surface area contributed by atoms with E-state index in [0.717, 1.165) is 22.5 Å². The van der Waals surface area contributed by atoms with Crippen LogP contribution in [0.2, 0.25) is 0 Å². The van der Waals surface area contributed by atoms with Crippen LogP contribution in [0.15, 0.2) is 72.2 Å². The van der Waals surface area contributed by atoms with E-state index in [4.69, 9.17) is 0 Å². The number of carbonyl (C=O) groups excluding carboxylic acids is 1. The molecule has 0 fully saturated rings. The molecule has 3 N–H and O–H groups in total. The molecule has 0 aliphatic heterocycles. The Morgan fingerprint density at radius 2 is 1.72 bits per heavy atom. The Balaban J connectivity index is 2.12. The fourth-order valence-corrected chi connectivity index (χ4v) is 2.99. The van der Waals surface area contributed by atoms with Crippen LogP contribution < -0.4 is 21.5 Å². The van der Waals surface area contributed by atoms with Crippen LogP contribution in [-0.2, 0) is 11.8 Å². The molecule has 6 nitrogen and oxygen atoms in total. The van der Waals surface area contributed by atoms with Gasteiger partial charge in [-0.1, -0.05) is 24.3 Å². The van der Waals surface area contributed by atoms with E-state index in [0.29, 0.717) is 11.4 Å². The zero-order chi connectivity index (χ0) is 21.0. The zero-order valence-electron chi connectivity index (χ0n) is 16.7. The van der Waals surface area contributed by atoms with Crippen LogP contribution in [0, 0.1) is 6.92 Å². The Kier molecular flexibility index (Phi) is 5.83. The SMILES string of the molecule is C=CC(=O)Nc1ccc(Nc2ccc(C)cc2)c(-c2cc(NC)c(=O)n(C)c2)c1. The molecule has 0 saturated heterocycles. The Bertz CT molecular complexity index is 1110. The summed E-state index contributed by atoms with van der Waals surface area (Å²) in [4.78, 5) is 24.0. The van der Waals surface area contributed by atoms with Gasteiger partial charge in [-0.3, -0.25) is 9.59 Å². The number of aryl methyl sites for hydroxylation is 2. The van der Waals surface area contributed by atoms with Crippen LogP contribution >= 0.6 is 0 Å². The number of hydrogen-bond donors (Lipinski definition) is 3. The van der Waals surface area contributed by atoms with Crippen LogP contribution in [0.5, 0.6) is 0 Å². The van der Waals surface area contributed by atoms with Crippen LogP contribution in [0.25, 0.3) is 11.1 Å². The summed E-state index contributed by atoms with van der Waals surface area (Å²) in [6, 6.07) is 15.5. The van der Waals surface area contributed by atoms with Crippen molar-refractivity contribution in [3.05, 3.63) is 83.3 Å². The maximum atomic E-state index is 12.3. The molecule has 1 heterocycles. The molecule has 0 aliphatic carbocycles. The third-order valence-corrected chi connectivity index (χ3v) is 4.57. The van der Waals surface area contributed by atoms with Crippen molar-refractivity contribution in [2.75, 3.05) is 23.0 Å². The molecule has 0 spiro atoms. The van der Waals surface area contributed by atoms with E-state index < -0.39 is 0 Å². The fraction of sp³-hybridized carbons (Fsp3) is 0.130. The minimum Gasteiger partial charge on any atom is -0.384 e. The fourth-order valence-electron chi connectivity index (χ4n) is 2.99. The third kappa shape index (κ3) is 4.55. The Morgan fingerprint density at radius 1 is 1.03 bits per heavy atom. The molecule has 0 aliphatic rings. The molecule has 0 radical (unpaired) electrons. The van der Waals surface area contributed by atoms with Gasteiger partial charge in [-0.25, -0.2) is 0 Å². The number of carbonyl (C=O) groups is 1. The van der Waals surface area contributed by atoms with Gasteiger partial charge in [-0.15, -0.1) is 0 Å². The van der Waals surface area contributed by atoms with Gasteiger partial charge in [-0.05, 0) is 49.4 Å². The van der Waals surface area contributed by atoms with Crippen molar-refractivity contribution in [2.24, 2.45) is 7.05 Å². The van der Waals surface area contributed by atoms with Crippen LogP contribution in [0.3, 0.4) is 0 Å². The smallest absolute Gasteiger partial charge is 0.273 e. The largest absolute Gasteiger partial charge is 0.384 e. The lowest BCUT2D eigenvalue weighted by atomic mass is 10.0. The van der Waals surface area contributed by atoms with Gasteiger partial charge < -0.3 is 20.5 Å². The number of nitrogens with one attached hydrogen (secondary N) is 3. The first-order chi connectivity index (χ1) is 13.9. The Hall–Kier alpha value is -3.80. The second kappa shape index (κ2) is 8.48. The first-order valence-corrected chi connectivity index (χ1v) is 9.21. The molecular formula is C23H24N4O2. The van der Waals surface area contributed by atoms with Gasteiger partial charge in [-0.2, -0.15) is 0 Å². The number of aromatic nitrogens is 1. The average Bonchev–Trinajstić information content (AvgIpc) is 2.72. The van der Waals surface area contributed by atoms with Crippen molar-refractivity contribution in [2.45, 2.75) is 6.92 Å². The summed E-state index contributed by atoms with van der Waals surface area (Å²) >= 11 is 0. The van der Waals surface area contributed by atoms with Crippen LogP contribution in [0.1, 0.15) is 5.56 Å². The lowest BCUT2D eigenvalue weighted by molar-refractivity contribution is -0.111. The van der Waals surface area contributed by atoms with E-state index in [2.05, 4.69) is 22.5 Å². The monoisotopic (exact) mass is 388 g/mol. The number of rotatable bonds is 6. The van der Waals surface area contributed by atoms with E-state index in [9.17, 15) is 9.59 Å². The van der Waals surface area contributed by atoms with Crippen molar-refractivity contribution in [1.82, 2.24) is 4.57 Å². The van der Waals surface area contributed by atoms with Gasteiger partial charge in [0.25, 0.3) is 5.56 Å². The zero-order valence-corrected chi connectivity index (χ0v) is 16.7. The van der Waals surface area contributed by atoms with E-state index >= 15 is 0 Å². The second-order valence-corrected chi connectivity index (χ2v) is 6.75. The summed E-state index contributed by atoms with van der Waals surface area (Å²) in [5.74, 6) is -0.286. The maximum absolute atomic E-state index is 12.3. The predicted octanol–water partition coefficient (Wildman–Crippen LogP) is 4.27. The molecule has 3 aromatic rings. The maximum Gasteiger partial charge on any atom is 0.273 e. The lowest BCUT2D eigenvalue weighted by Gasteiger charge is -2.16. The molecule has 0 unspecified atom stereocenters. The first-order valence-electron chi connectivity index (χ1n) is 9.21. The van der Waals surface area contributed by atoms with E-state index in [1.807, 2.05) is 49.4 Å². The molecule has 0 atom stereocenters. The number of nitrogens with zero attached hydrogens (tertiary/aromatic N) is 1. The standard InChI is InChI=1S/C23H24N4O2/c1-5-22(28)26-18-10-11-20(25-17-8-6-15(2)7-9-17)19(13-18)16-12-21(24-3)23(29)27(4)14-16/h5-14,24-25H,1H2,2-4H3,(H,26,28). The van der Waals surface area contributed by atoms with Crippen molar-refractivity contribution >= 4 is 28.7 Å². The minimum atomic E-state index is -0.286. The van der Waals surface area contributed by atoms with E-state index in [1.54, 1.807) is 26.4 Å². The van der Waals surface area contributed by atoms with Gasteiger partial charge >= 0.3 is 0 Å². The molecule has 29 heavy (non-hydrogen) atoms. The normalized spacial score (nSPS) is 10.3. The summed E-state index contributed by atoms with van der Waals surface area (Å²) in [5.41, 5.74) is 5.67. The number of pyridine rings is 1. The van der Waals surface area contributed by atoms with E-state index in [1.165, 1.54) is 16.2 Å². The van der Waals surface area contributed by atoms with Gasteiger partial charge in [0.1, 0.15) is 5.69 Å². The van der Waals surface area contributed by atoms with Crippen LogP contribution in [0.4, 0.5) is 22.7 Å². The topological polar surface area (TPSA) is 75.2 Å². The molecule has 0 bridgehead atoms. The number of anilines is 4. The highest BCUT2D eigenvalue weighted by Gasteiger charge is 2.12. The summed E-state index contributed by atoms with van der Waals surface area (Å²) in [7, 11) is 3.43. The summed E-state index contributed by atoms with van der Waals surface area (Å²) in [6.07, 6.45) is 3.00. The highest BCUT2D eigenvalue weighted by molar-refractivity contribution is 6.00. The van der Waals surface area contributed by atoms with Crippen molar-refractivity contribution in [3.8, 4) is 11.1 Å². The van der Waals surface area contributed by atoms with Crippen molar-refractivity contribution in [1.29, 1.82) is 0 Å². The third-order valence-electron chi connectivity index (χ3n) is 4.57. The molecule has 3 rings (SSSR count). The molecule has 0 saturated carbocycles. The molecule has 2 aromatic carbocycles.